The lowest BCUT2D eigenvalue weighted by molar-refractivity contribution is 1.31. The van der Waals surface area contributed by atoms with Crippen LogP contribution in [0.5, 0.6) is 0 Å². The summed E-state index contributed by atoms with van der Waals surface area (Å²) in [6.45, 7) is 0. The van der Waals surface area contributed by atoms with Gasteiger partial charge in [-0.3, -0.25) is 4.98 Å². The topological polar surface area (TPSA) is 41.6 Å². The fourth-order valence-corrected chi connectivity index (χ4v) is 3.36. The largest absolute Gasteiger partial charge is 0.345 e. The van der Waals surface area contributed by atoms with Crippen LogP contribution in [0.15, 0.2) is 49.1 Å². The van der Waals surface area contributed by atoms with Crippen LogP contribution in [0.2, 0.25) is 0 Å². The van der Waals surface area contributed by atoms with Crippen molar-refractivity contribution < 1.29 is 0 Å². The van der Waals surface area contributed by atoms with Crippen molar-refractivity contribution in [3.63, 3.8) is 0 Å². The van der Waals surface area contributed by atoms with Crippen molar-refractivity contribution >= 4 is 31.6 Å². The highest BCUT2D eigenvalue weighted by atomic mass is 32.1. The normalized spacial score (nSPS) is 11.3. The Bertz CT molecular complexity index is 831. The molecule has 0 amide bonds. The first-order valence-electron chi connectivity index (χ1n) is 5.68. The number of nitrogens with zero attached hydrogens (tertiary/aromatic N) is 2. The maximum Gasteiger partial charge on any atom is 0.0924 e. The molecule has 4 heteroatoms. The number of pyridine rings is 1. The Morgan fingerprint density at radius 3 is 2.89 bits per heavy atom. The van der Waals surface area contributed by atoms with Gasteiger partial charge >= 0.3 is 0 Å². The summed E-state index contributed by atoms with van der Waals surface area (Å²) >= 11 is 1.78. The van der Waals surface area contributed by atoms with E-state index in [1.165, 1.54) is 14.8 Å². The Labute approximate surface area is 107 Å². The number of hydrogen-bond donors (Lipinski definition) is 1. The quantitative estimate of drug-likeness (QED) is 0.558. The van der Waals surface area contributed by atoms with E-state index in [9.17, 15) is 0 Å². The highest BCUT2D eigenvalue weighted by molar-refractivity contribution is 7.25. The third-order valence-electron chi connectivity index (χ3n) is 3.04. The van der Waals surface area contributed by atoms with E-state index in [0.29, 0.717) is 0 Å². The molecule has 4 aromatic rings. The van der Waals surface area contributed by atoms with Crippen LogP contribution in [0, 0.1) is 0 Å². The zero-order chi connectivity index (χ0) is 11.9. The fraction of sp³-hybridized carbons (Fsp3) is 0. The summed E-state index contributed by atoms with van der Waals surface area (Å²) in [5.41, 5.74) is 3.27. The van der Waals surface area contributed by atoms with Crippen LogP contribution in [-0.2, 0) is 0 Å². The van der Waals surface area contributed by atoms with Crippen molar-refractivity contribution in [2.24, 2.45) is 0 Å². The predicted molar refractivity (Wildman–Crippen MR) is 74.7 cm³/mol. The average molecular weight is 251 g/mol. The highest BCUT2D eigenvalue weighted by Gasteiger charge is 2.11. The molecule has 0 aliphatic carbocycles. The standard InChI is InChI=1S/C14H9N3S/c1-3-9(10-7-15-8-17-10)13-11(4-1)18-12-5-2-6-16-14(12)13/h1-8H,(H,15,17). The summed E-state index contributed by atoms with van der Waals surface area (Å²) in [5, 5.41) is 1.21. The molecule has 0 spiro atoms. The van der Waals surface area contributed by atoms with Gasteiger partial charge in [0, 0.05) is 21.8 Å². The minimum Gasteiger partial charge on any atom is -0.345 e. The van der Waals surface area contributed by atoms with Gasteiger partial charge in [-0.05, 0) is 18.2 Å². The number of benzene rings is 1. The second-order valence-electron chi connectivity index (χ2n) is 4.10. The van der Waals surface area contributed by atoms with E-state index in [0.717, 1.165) is 16.8 Å². The Balaban J connectivity index is 2.21. The maximum atomic E-state index is 4.52. The van der Waals surface area contributed by atoms with E-state index in [2.05, 4.69) is 39.2 Å². The van der Waals surface area contributed by atoms with E-state index in [4.69, 9.17) is 0 Å². The molecule has 0 saturated carbocycles. The van der Waals surface area contributed by atoms with E-state index in [1.54, 1.807) is 17.7 Å². The second kappa shape index (κ2) is 3.65. The van der Waals surface area contributed by atoms with E-state index in [1.807, 2.05) is 18.5 Å². The van der Waals surface area contributed by atoms with Crippen molar-refractivity contribution in [3.8, 4) is 11.3 Å². The molecule has 0 saturated heterocycles. The number of thiophene rings is 1. The molecule has 3 aromatic heterocycles. The Morgan fingerprint density at radius 2 is 2.00 bits per heavy atom. The number of H-pyrrole nitrogens is 1. The first-order valence-corrected chi connectivity index (χ1v) is 6.50. The van der Waals surface area contributed by atoms with Gasteiger partial charge in [-0.1, -0.05) is 12.1 Å². The monoisotopic (exact) mass is 251 g/mol. The number of nitrogens with one attached hydrogen (secondary N) is 1. The molecule has 86 valence electrons. The molecule has 4 rings (SSSR count). The number of hydrogen-bond acceptors (Lipinski definition) is 3. The molecular formula is C14H9N3S. The van der Waals surface area contributed by atoms with Crippen LogP contribution < -0.4 is 0 Å². The van der Waals surface area contributed by atoms with Crippen LogP contribution in [0.25, 0.3) is 31.6 Å². The van der Waals surface area contributed by atoms with Crippen LogP contribution >= 0.6 is 11.3 Å². The van der Waals surface area contributed by atoms with Gasteiger partial charge in [-0.25, -0.2) is 4.98 Å². The molecule has 18 heavy (non-hydrogen) atoms. The number of aromatic amines is 1. The molecule has 0 aliphatic heterocycles. The molecular weight excluding hydrogens is 242 g/mol. The molecule has 0 fully saturated rings. The lowest BCUT2D eigenvalue weighted by atomic mass is 10.1. The number of fused-ring (bicyclic) bond motifs is 3. The first kappa shape index (κ1) is 9.79. The van der Waals surface area contributed by atoms with Gasteiger partial charge in [0.15, 0.2) is 0 Å². The fourth-order valence-electron chi connectivity index (χ4n) is 2.27. The lowest BCUT2D eigenvalue weighted by Crippen LogP contribution is -1.80. The third kappa shape index (κ3) is 1.29. The Morgan fingerprint density at radius 1 is 1.06 bits per heavy atom. The Hall–Kier alpha value is -2.20. The molecule has 1 N–H and O–H groups in total. The zero-order valence-electron chi connectivity index (χ0n) is 9.42. The molecule has 0 atom stereocenters. The van der Waals surface area contributed by atoms with Gasteiger partial charge < -0.3 is 4.98 Å². The van der Waals surface area contributed by atoms with Crippen molar-refractivity contribution in [1.82, 2.24) is 15.0 Å². The zero-order valence-corrected chi connectivity index (χ0v) is 10.2. The van der Waals surface area contributed by atoms with Crippen molar-refractivity contribution in [1.29, 1.82) is 0 Å². The SMILES string of the molecule is c1cnc2c(c1)sc1cccc(-c3cnc[nH]3)c12. The number of rotatable bonds is 1. The van der Waals surface area contributed by atoms with Gasteiger partial charge in [0.05, 0.1) is 28.4 Å². The van der Waals surface area contributed by atoms with Crippen LogP contribution in [0.4, 0.5) is 0 Å². The average Bonchev–Trinajstić information content (AvgIpc) is 3.05. The first-order chi connectivity index (χ1) is 8.93. The molecule has 0 radical (unpaired) electrons. The van der Waals surface area contributed by atoms with Gasteiger partial charge in [0.2, 0.25) is 0 Å². The maximum absolute atomic E-state index is 4.52. The van der Waals surface area contributed by atoms with Crippen molar-refractivity contribution in [2.75, 3.05) is 0 Å². The van der Waals surface area contributed by atoms with E-state index in [-0.39, 0.29) is 0 Å². The van der Waals surface area contributed by atoms with E-state index < -0.39 is 0 Å². The summed E-state index contributed by atoms with van der Waals surface area (Å²) in [7, 11) is 0. The van der Waals surface area contributed by atoms with Crippen LogP contribution in [0.1, 0.15) is 0 Å². The Kier molecular flexibility index (Phi) is 1.98. The van der Waals surface area contributed by atoms with Gasteiger partial charge in [-0.15, -0.1) is 11.3 Å². The minimum absolute atomic E-state index is 1.03. The second-order valence-corrected chi connectivity index (χ2v) is 5.18. The smallest absolute Gasteiger partial charge is 0.0924 e. The van der Waals surface area contributed by atoms with Crippen molar-refractivity contribution in [3.05, 3.63) is 49.1 Å². The van der Waals surface area contributed by atoms with Crippen LogP contribution in [0.3, 0.4) is 0 Å². The molecule has 1 aromatic carbocycles. The van der Waals surface area contributed by atoms with E-state index >= 15 is 0 Å². The van der Waals surface area contributed by atoms with Crippen LogP contribution in [-0.4, -0.2) is 15.0 Å². The van der Waals surface area contributed by atoms with Gasteiger partial charge in [0.25, 0.3) is 0 Å². The molecule has 0 unspecified atom stereocenters. The predicted octanol–water partition coefficient (Wildman–Crippen LogP) is 3.84. The van der Waals surface area contributed by atoms with Crippen molar-refractivity contribution in [2.45, 2.75) is 0 Å². The molecule has 0 aliphatic rings. The highest BCUT2D eigenvalue weighted by Crippen LogP contribution is 2.37. The molecule has 3 nitrogen and oxygen atoms in total. The van der Waals surface area contributed by atoms with Gasteiger partial charge in [0.1, 0.15) is 0 Å². The summed E-state index contributed by atoms with van der Waals surface area (Å²) in [4.78, 5) is 11.8. The van der Waals surface area contributed by atoms with Gasteiger partial charge in [-0.2, -0.15) is 0 Å². The number of imidazole rings is 1. The summed E-state index contributed by atoms with van der Waals surface area (Å²) in [6, 6.07) is 10.4. The summed E-state index contributed by atoms with van der Waals surface area (Å²) in [5.74, 6) is 0. The molecule has 3 heterocycles. The lowest BCUT2D eigenvalue weighted by Gasteiger charge is -2.00. The molecule has 0 bridgehead atoms. The minimum atomic E-state index is 1.03. The third-order valence-corrected chi connectivity index (χ3v) is 4.15. The summed E-state index contributed by atoms with van der Waals surface area (Å²) in [6.07, 6.45) is 5.40. The number of aromatic nitrogens is 3. The summed E-state index contributed by atoms with van der Waals surface area (Å²) < 4.78 is 2.48.